The van der Waals surface area contributed by atoms with E-state index in [9.17, 15) is 13.2 Å². The first-order valence-corrected chi connectivity index (χ1v) is 12.8. The SMILES string of the molecule is Cc1ccc(S(=O)(=O)N(CC(=O)NCc2ccc(OC(C)C)cc2)c2cc(Cl)ccc2C)cc1. The van der Waals surface area contributed by atoms with Crippen molar-refractivity contribution in [1.82, 2.24) is 5.32 Å². The molecule has 0 radical (unpaired) electrons. The molecule has 3 rings (SSSR count). The van der Waals surface area contributed by atoms with Crippen molar-refractivity contribution in [1.29, 1.82) is 0 Å². The maximum atomic E-state index is 13.5. The van der Waals surface area contributed by atoms with Crippen LogP contribution in [0.4, 0.5) is 5.69 Å². The van der Waals surface area contributed by atoms with Crippen molar-refractivity contribution in [3.05, 3.63) is 88.4 Å². The van der Waals surface area contributed by atoms with Gasteiger partial charge >= 0.3 is 0 Å². The summed E-state index contributed by atoms with van der Waals surface area (Å²) in [5.74, 6) is 0.314. The van der Waals surface area contributed by atoms with Crippen molar-refractivity contribution >= 4 is 33.2 Å². The molecule has 3 aromatic rings. The van der Waals surface area contributed by atoms with E-state index in [1.165, 1.54) is 12.1 Å². The number of nitrogens with one attached hydrogen (secondary N) is 1. The van der Waals surface area contributed by atoms with Gasteiger partial charge in [-0.3, -0.25) is 9.10 Å². The highest BCUT2D eigenvalue weighted by atomic mass is 35.5. The second-order valence-corrected chi connectivity index (χ2v) is 10.6. The lowest BCUT2D eigenvalue weighted by molar-refractivity contribution is -0.119. The topological polar surface area (TPSA) is 75.7 Å². The van der Waals surface area contributed by atoms with Gasteiger partial charge in [-0.1, -0.05) is 47.5 Å². The molecule has 6 nitrogen and oxygen atoms in total. The van der Waals surface area contributed by atoms with Gasteiger partial charge in [0.2, 0.25) is 5.91 Å². The van der Waals surface area contributed by atoms with E-state index in [-0.39, 0.29) is 24.1 Å². The number of aryl methyl sites for hydroxylation is 2. The molecule has 0 saturated heterocycles. The monoisotopic (exact) mass is 500 g/mol. The molecule has 0 atom stereocenters. The van der Waals surface area contributed by atoms with E-state index in [0.29, 0.717) is 16.3 Å². The van der Waals surface area contributed by atoms with Crippen LogP contribution < -0.4 is 14.4 Å². The normalized spacial score (nSPS) is 11.4. The molecule has 8 heteroatoms. The maximum Gasteiger partial charge on any atom is 0.264 e. The lowest BCUT2D eigenvalue weighted by Crippen LogP contribution is -2.41. The van der Waals surface area contributed by atoms with Gasteiger partial charge in [0.15, 0.2) is 0 Å². The lowest BCUT2D eigenvalue weighted by Gasteiger charge is -2.26. The quantitative estimate of drug-likeness (QED) is 0.435. The zero-order valence-corrected chi connectivity index (χ0v) is 21.3. The van der Waals surface area contributed by atoms with E-state index < -0.39 is 15.9 Å². The van der Waals surface area contributed by atoms with Crippen molar-refractivity contribution in [2.75, 3.05) is 10.8 Å². The van der Waals surface area contributed by atoms with Crippen LogP contribution in [0.1, 0.15) is 30.5 Å². The van der Waals surface area contributed by atoms with E-state index in [0.717, 1.165) is 21.2 Å². The summed E-state index contributed by atoms with van der Waals surface area (Å²) in [5, 5.41) is 3.19. The molecular formula is C26H29ClN2O4S. The number of hydrogen-bond acceptors (Lipinski definition) is 4. The Hall–Kier alpha value is -3.03. The van der Waals surface area contributed by atoms with E-state index in [1.807, 2.05) is 45.0 Å². The van der Waals surface area contributed by atoms with E-state index in [2.05, 4.69) is 5.32 Å². The maximum absolute atomic E-state index is 13.5. The second-order valence-electron chi connectivity index (χ2n) is 8.34. The van der Waals surface area contributed by atoms with E-state index in [1.54, 1.807) is 37.3 Å². The molecule has 0 fully saturated rings. The Balaban J connectivity index is 1.82. The van der Waals surface area contributed by atoms with Crippen molar-refractivity contribution < 1.29 is 17.9 Å². The van der Waals surface area contributed by atoms with Gasteiger partial charge in [-0.25, -0.2) is 8.42 Å². The van der Waals surface area contributed by atoms with Crippen LogP contribution in [0.15, 0.2) is 71.6 Å². The number of nitrogens with zero attached hydrogens (tertiary/aromatic N) is 1. The highest BCUT2D eigenvalue weighted by molar-refractivity contribution is 7.92. The van der Waals surface area contributed by atoms with Gasteiger partial charge in [-0.05, 0) is 75.2 Å². The van der Waals surface area contributed by atoms with Gasteiger partial charge in [-0.2, -0.15) is 0 Å². The first-order chi connectivity index (χ1) is 16.1. The number of carbonyl (C=O) groups excluding carboxylic acids is 1. The molecule has 0 heterocycles. The predicted octanol–water partition coefficient (Wildman–Crippen LogP) is 5.26. The Morgan fingerprint density at radius 2 is 1.65 bits per heavy atom. The minimum atomic E-state index is -4.01. The number of sulfonamides is 1. The number of rotatable bonds is 9. The molecule has 1 N–H and O–H groups in total. The number of benzene rings is 3. The molecule has 3 aromatic carbocycles. The molecule has 0 saturated carbocycles. The Labute approximate surface area is 206 Å². The van der Waals surface area contributed by atoms with Gasteiger partial charge in [0, 0.05) is 11.6 Å². The molecule has 180 valence electrons. The van der Waals surface area contributed by atoms with Crippen LogP contribution in [-0.4, -0.2) is 27.0 Å². The molecule has 34 heavy (non-hydrogen) atoms. The van der Waals surface area contributed by atoms with Crippen LogP contribution in [0.25, 0.3) is 0 Å². The van der Waals surface area contributed by atoms with Gasteiger partial charge in [0.25, 0.3) is 10.0 Å². The third kappa shape index (κ3) is 6.52. The van der Waals surface area contributed by atoms with Crippen molar-refractivity contribution in [2.24, 2.45) is 0 Å². The molecule has 0 spiro atoms. The van der Waals surface area contributed by atoms with Gasteiger partial charge < -0.3 is 10.1 Å². The van der Waals surface area contributed by atoms with Crippen LogP contribution >= 0.6 is 11.6 Å². The lowest BCUT2D eigenvalue weighted by atomic mass is 10.2. The number of carbonyl (C=O) groups is 1. The number of anilines is 1. The molecule has 0 bridgehead atoms. The summed E-state index contributed by atoms with van der Waals surface area (Å²) in [6, 6.07) is 18.9. The summed E-state index contributed by atoms with van der Waals surface area (Å²) < 4.78 is 33.8. The number of amides is 1. The Bertz CT molecular complexity index is 1240. The fraction of sp³-hybridized carbons (Fsp3) is 0.269. The average Bonchev–Trinajstić information content (AvgIpc) is 2.78. The van der Waals surface area contributed by atoms with Crippen molar-refractivity contribution in [3.63, 3.8) is 0 Å². The summed E-state index contributed by atoms with van der Waals surface area (Å²) in [4.78, 5) is 13.0. The standard InChI is InChI=1S/C26H29ClN2O4S/c1-18(2)33-23-11-8-21(9-12-23)16-28-26(30)17-29(25-15-22(27)10-7-20(25)4)34(31,32)24-13-5-19(3)6-14-24/h5-15,18H,16-17H2,1-4H3,(H,28,30). The van der Waals surface area contributed by atoms with Crippen molar-refractivity contribution in [3.8, 4) is 5.75 Å². The molecule has 0 aliphatic carbocycles. The summed E-state index contributed by atoms with van der Waals surface area (Å²) >= 11 is 6.17. The predicted molar refractivity (Wildman–Crippen MR) is 136 cm³/mol. The molecular weight excluding hydrogens is 472 g/mol. The Morgan fingerprint density at radius 3 is 2.26 bits per heavy atom. The zero-order valence-electron chi connectivity index (χ0n) is 19.7. The van der Waals surface area contributed by atoms with Crippen LogP contribution in [0.2, 0.25) is 5.02 Å². The minimum absolute atomic E-state index is 0.0713. The van der Waals surface area contributed by atoms with Gasteiger partial charge in [-0.15, -0.1) is 0 Å². The van der Waals surface area contributed by atoms with Crippen LogP contribution in [0, 0.1) is 13.8 Å². The Kier molecular flexibility index (Phi) is 8.23. The third-order valence-electron chi connectivity index (χ3n) is 5.12. The van der Waals surface area contributed by atoms with Gasteiger partial charge in [0.05, 0.1) is 16.7 Å². The van der Waals surface area contributed by atoms with E-state index >= 15 is 0 Å². The molecule has 1 amide bonds. The average molecular weight is 501 g/mol. The third-order valence-corrected chi connectivity index (χ3v) is 7.13. The first kappa shape index (κ1) is 25.6. The zero-order chi connectivity index (χ0) is 24.9. The minimum Gasteiger partial charge on any atom is -0.491 e. The summed E-state index contributed by atoms with van der Waals surface area (Å²) in [5.41, 5.74) is 2.86. The summed E-state index contributed by atoms with van der Waals surface area (Å²) in [6.45, 7) is 7.43. The molecule has 0 unspecified atom stereocenters. The molecule has 0 aliphatic heterocycles. The largest absolute Gasteiger partial charge is 0.491 e. The molecule has 0 aromatic heterocycles. The fourth-order valence-corrected chi connectivity index (χ4v) is 4.98. The Morgan fingerprint density at radius 1 is 1.00 bits per heavy atom. The number of halogens is 1. The van der Waals surface area contributed by atoms with Crippen molar-refractivity contribution in [2.45, 2.75) is 45.2 Å². The summed E-state index contributed by atoms with van der Waals surface area (Å²) in [7, 11) is -4.01. The second kappa shape index (κ2) is 10.9. The van der Waals surface area contributed by atoms with Crippen LogP contribution in [-0.2, 0) is 21.4 Å². The van der Waals surface area contributed by atoms with E-state index in [4.69, 9.17) is 16.3 Å². The highest BCUT2D eigenvalue weighted by Crippen LogP contribution is 2.29. The smallest absolute Gasteiger partial charge is 0.264 e. The number of ether oxygens (including phenoxy) is 1. The van der Waals surface area contributed by atoms with Crippen LogP contribution in [0.3, 0.4) is 0 Å². The summed E-state index contributed by atoms with van der Waals surface area (Å²) in [6.07, 6.45) is 0.0713. The van der Waals surface area contributed by atoms with Gasteiger partial charge in [0.1, 0.15) is 12.3 Å². The number of hydrogen-bond donors (Lipinski definition) is 1. The molecule has 0 aliphatic rings. The first-order valence-electron chi connectivity index (χ1n) is 10.9. The fourth-order valence-electron chi connectivity index (χ4n) is 3.33. The van der Waals surface area contributed by atoms with Crippen LogP contribution in [0.5, 0.6) is 5.75 Å². The highest BCUT2D eigenvalue weighted by Gasteiger charge is 2.28.